The lowest BCUT2D eigenvalue weighted by atomic mass is 9.85. The molecule has 6 rings (SSSR count). The lowest BCUT2D eigenvalue weighted by molar-refractivity contribution is -0.105. The predicted octanol–water partition coefficient (Wildman–Crippen LogP) is 5.52. The number of amides is 2. The van der Waals surface area contributed by atoms with E-state index in [9.17, 15) is 4.79 Å². The topological polar surface area (TPSA) is 133 Å². The highest BCUT2D eigenvalue weighted by atomic mass is 35.5. The SMILES string of the molecule is COc1cc2c(Oc3ccc(NC(=O)Nc4cc(C)on4)c(Cl)c3)ncnc2cc1OCCCN1CCC2(COC2)C1. The molecule has 42 heavy (non-hydrogen) atoms. The first kappa shape index (κ1) is 28.0. The lowest BCUT2D eigenvalue weighted by Gasteiger charge is -2.37. The largest absolute Gasteiger partial charge is 0.493 e. The van der Waals surface area contributed by atoms with Crippen molar-refractivity contribution in [3.8, 4) is 23.1 Å². The maximum absolute atomic E-state index is 12.3. The summed E-state index contributed by atoms with van der Waals surface area (Å²) < 4.78 is 28.1. The van der Waals surface area contributed by atoms with E-state index in [1.54, 1.807) is 44.4 Å². The van der Waals surface area contributed by atoms with E-state index < -0.39 is 6.03 Å². The molecule has 0 bridgehead atoms. The Bertz CT molecular complexity index is 1590. The first-order chi connectivity index (χ1) is 20.4. The van der Waals surface area contributed by atoms with Gasteiger partial charge >= 0.3 is 6.03 Å². The summed E-state index contributed by atoms with van der Waals surface area (Å²) in [6.45, 7) is 7.28. The van der Waals surface area contributed by atoms with E-state index in [1.807, 2.05) is 6.07 Å². The second kappa shape index (κ2) is 12.0. The number of hydrogen-bond acceptors (Lipinski definition) is 10. The predicted molar refractivity (Wildman–Crippen MR) is 156 cm³/mol. The highest BCUT2D eigenvalue weighted by Gasteiger charge is 2.43. The molecule has 0 unspecified atom stereocenters. The third-order valence-corrected chi connectivity index (χ3v) is 7.68. The van der Waals surface area contributed by atoms with Gasteiger partial charge in [-0.25, -0.2) is 14.8 Å². The Kier molecular flexibility index (Phi) is 8.00. The molecule has 220 valence electrons. The van der Waals surface area contributed by atoms with Crippen LogP contribution in [0.15, 0.2) is 47.2 Å². The number of nitrogens with zero attached hydrogens (tertiary/aromatic N) is 4. The van der Waals surface area contributed by atoms with Crippen LogP contribution in [0, 0.1) is 12.3 Å². The molecule has 0 radical (unpaired) electrons. The average Bonchev–Trinajstić information content (AvgIpc) is 3.58. The van der Waals surface area contributed by atoms with Gasteiger partial charge in [0.15, 0.2) is 17.3 Å². The van der Waals surface area contributed by atoms with E-state index in [4.69, 9.17) is 35.1 Å². The number of likely N-dealkylation sites (tertiary alicyclic amines) is 1. The fourth-order valence-corrected chi connectivity index (χ4v) is 5.39. The third-order valence-electron chi connectivity index (χ3n) is 7.37. The van der Waals surface area contributed by atoms with Gasteiger partial charge in [0.05, 0.1) is 48.5 Å². The number of urea groups is 1. The number of carbonyl (C=O) groups is 1. The molecule has 1 spiro atoms. The summed E-state index contributed by atoms with van der Waals surface area (Å²) in [5.41, 5.74) is 1.42. The summed E-state index contributed by atoms with van der Waals surface area (Å²) in [5.74, 6) is 2.78. The van der Waals surface area contributed by atoms with Crippen molar-refractivity contribution in [1.29, 1.82) is 0 Å². The third kappa shape index (κ3) is 6.20. The first-order valence-electron chi connectivity index (χ1n) is 13.6. The zero-order valence-corrected chi connectivity index (χ0v) is 24.1. The molecule has 13 heteroatoms. The molecule has 2 fully saturated rings. The Morgan fingerprint density at radius 2 is 2.02 bits per heavy atom. The number of ether oxygens (including phenoxy) is 4. The quantitative estimate of drug-likeness (QED) is 0.226. The molecule has 0 saturated carbocycles. The smallest absolute Gasteiger partial charge is 0.324 e. The fraction of sp³-hybridized carbons (Fsp3) is 0.379. The molecule has 0 atom stereocenters. The molecule has 4 aromatic rings. The first-order valence-corrected chi connectivity index (χ1v) is 14.0. The van der Waals surface area contributed by atoms with Crippen molar-refractivity contribution in [1.82, 2.24) is 20.0 Å². The second-order valence-electron chi connectivity index (χ2n) is 10.6. The highest BCUT2D eigenvalue weighted by molar-refractivity contribution is 6.34. The summed E-state index contributed by atoms with van der Waals surface area (Å²) in [5, 5.41) is 9.90. The average molecular weight is 595 g/mol. The monoisotopic (exact) mass is 594 g/mol. The maximum atomic E-state index is 12.3. The standard InChI is InChI=1S/C29H31ClN6O6/c1-18-10-26(35-42-18)34-28(37)33-22-5-4-19(11-21(22)30)41-27-20-12-24(38-2)25(13-23(20)31-17-32-27)40-9-3-7-36-8-6-29(14-36)15-39-16-29/h4-5,10-13,17H,3,6-9,14-16H2,1-2H3,(H2,33,34,35,37). The van der Waals surface area contributed by atoms with Crippen molar-refractivity contribution in [2.45, 2.75) is 19.8 Å². The number of benzene rings is 2. The van der Waals surface area contributed by atoms with Gasteiger partial charge in [-0.05, 0) is 44.5 Å². The van der Waals surface area contributed by atoms with Crippen LogP contribution in [0.25, 0.3) is 10.9 Å². The van der Waals surface area contributed by atoms with E-state index in [0.717, 1.165) is 39.3 Å². The normalized spacial score (nSPS) is 15.9. The molecule has 0 aliphatic carbocycles. The van der Waals surface area contributed by atoms with Crippen LogP contribution >= 0.6 is 11.6 Å². The molecule has 2 aliphatic heterocycles. The number of halogens is 1. The molecule has 12 nitrogen and oxygen atoms in total. The molecule has 4 heterocycles. The fourth-order valence-electron chi connectivity index (χ4n) is 5.18. The van der Waals surface area contributed by atoms with Crippen molar-refractivity contribution >= 4 is 40.0 Å². The Balaban J connectivity index is 1.09. The van der Waals surface area contributed by atoms with Crippen molar-refractivity contribution in [3.05, 3.63) is 53.5 Å². The summed E-state index contributed by atoms with van der Waals surface area (Å²) in [6.07, 6.45) is 3.55. The Morgan fingerprint density at radius 1 is 1.14 bits per heavy atom. The van der Waals surface area contributed by atoms with Crippen LogP contribution in [0.2, 0.25) is 5.02 Å². The van der Waals surface area contributed by atoms with E-state index in [-0.39, 0.29) is 5.02 Å². The van der Waals surface area contributed by atoms with Gasteiger partial charge in [-0.15, -0.1) is 0 Å². The number of methoxy groups -OCH3 is 1. The minimum absolute atomic E-state index is 0.274. The molecule has 2 aromatic heterocycles. The number of carbonyl (C=O) groups excluding carboxylic acids is 1. The molecular weight excluding hydrogens is 564 g/mol. The van der Waals surface area contributed by atoms with Crippen molar-refractivity contribution < 1.29 is 28.3 Å². The van der Waals surface area contributed by atoms with Crippen LogP contribution in [0.3, 0.4) is 0 Å². The Morgan fingerprint density at radius 3 is 2.74 bits per heavy atom. The number of hydrogen-bond donors (Lipinski definition) is 2. The lowest BCUT2D eigenvalue weighted by Crippen LogP contribution is -2.44. The van der Waals surface area contributed by atoms with Gasteiger partial charge in [-0.1, -0.05) is 16.8 Å². The van der Waals surface area contributed by atoms with Crippen LogP contribution < -0.4 is 24.8 Å². The van der Waals surface area contributed by atoms with Crippen LogP contribution in [0.4, 0.5) is 16.3 Å². The van der Waals surface area contributed by atoms with E-state index >= 15 is 0 Å². The van der Waals surface area contributed by atoms with E-state index in [2.05, 4.69) is 30.7 Å². The number of nitrogens with one attached hydrogen (secondary N) is 2. The second-order valence-corrected chi connectivity index (χ2v) is 11.0. The maximum Gasteiger partial charge on any atom is 0.324 e. The zero-order valence-electron chi connectivity index (χ0n) is 23.3. The van der Waals surface area contributed by atoms with Crippen LogP contribution in [-0.2, 0) is 4.74 Å². The minimum Gasteiger partial charge on any atom is -0.493 e. The van der Waals surface area contributed by atoms with Gasteiger partial charge < -0.3 is 33.7 Å². The van der Waals surface area contributed by atoms with Gasteiger partial charge in [0.2, 0.25) is 5.88 Å². The van der Waals surface area contributed by atoms with Crippen LogP contribution in [0.5, 0.6) is 23.1 Å². The van der Waals surface area contributed by atoms with Gasteiger partial charge in [0.25, 0.3) is 0 Å². The molecule has 2 saturated heterocycles. The molecule has 2 amide bonds. The Labute approximate surface area is 247 Å². The zero-order chi connectivity index (χ0) is 29.1. The van der Waals surface area contributed by atoms with Gasteiger partial charge in [0, 0.05) is 36.7 Å². The Hall–Kier alpha value is -4.13. The van der Waals surface area contributed by atoms with Gasteiger partial charge in [-0.2, -0.15) is 0 Å². The number of rotatable bonds is 10. The van der Waals surface area contributed by atoms with E-state index in [1.165, 1.54) is 12.7 Å². The molecule has 2 N–H and O–H groups in total. The summed E-state index contributed by atoms with van der Waals surface area (Å²) in [7, 11) is 1.59. The van der Waals surface area contributed by atoms with Gasteiger partial charge in [0.1, 0.15) is 17.8 Å². The van der Waals surface area contributed by atoms with Crippen LogP contribution in [0.1, 0.15) is 18.6 Å². The van der Waals surface area contributed by atoms with Gasteiger partial charge in [-0.3, -0.25) is 5.32 Å². The summed E-state index contributed by atoms with van der Waals surface area (Å²) >= 11 is 6.43. The van der Waals surface area contributed by atoms with Crippen molar-refractivity contribution in [2.24, 2.45) is 5.41 Å². The number of fused-ring (bicyclic) bond motifs is 1. The molecular formula is C29H31ClN6O6. The summed E-state index contributed by atoms with van der Waals surface area (Å²) in [4.78, 5) is 23.5. The minimum atomic E-state index is -0.515. The van der Waals surface area contributed by atoms with Crippen LogP contribution in [-0.4, -0.2) is 72.6 Å². The number of aryl methyl sites for hydroxylation is 1. The van der Waals surface area contributed by atoms with Crippen molar-refractivity contribution in [3.63, 3.8) is 0 Å². The highest BCUT2D eigenvalue weighted by Crippen LogP contribution is 2.38. The van der Waals surface area contributed by atoms with Crippen molar-refractivity contribution in [2.75, 3.05) is 57.2 Å². The van der Waals surface area contributed by atoms with E-state index in [0.29, 0.717) is 63.3 Å². The molecule has 2 aliphatic rings. The number of anilines is 2. The summed E-state index contributed by atoms with van der Waals surface area (Å²) in [6, 6.07) is 9.60. The molecule has 2 aromatic carbocycles. The number of aromatic nitrogens is 3.